The monoisotopic (exact) mass is 332 g/mol. The number of likely N-dealkylation sites (N-methyl/N-ethyl adjacent to an activating group) is 1. The van der Waals surface area contributed by atoms with Crippen molar-refractivity contribution in [2.45, 2.75) is 12.5 Å². The Hall–Kier alpha value is -0.810. The molecule has 118 valence electrons. The SMILES string of the molecule is CN1CCN(C2c3ccccc3CC2C(=O)O)CC1.Cl.Cl. The third kappa shape index (κ3) is 3.51. The summed E-state index contributed by atoms with van der Waals surface area (Å²) in [5, 5.41) is 9.50. The smallest absolute Gasteiger partial charge is 0.308 e. The first kappa shape index (κ1) is 18.2. The Balaban J connectivity index is 0.00000110. The number of halogens is 2. The molecule has 0 bridgehead atoms. The van der Waals surface area contributed by atoms with E-state index in [1.54, 1.807) is 0 Å². The molecule has 1 aromatic rings. The molecule has 2 atom stereocenters. The van der Waals surface area contributed by atoms with Crippen LogP contribution in [-0.2, 0) is 11.2 Å². The molecule has 4 nitrogen and oxygen atoms in total. The highest BCUT2D eigenvalue weighted by Crippen LogP contribution is 2.40. The van der Waals surface area contributed by atoms with Crippen molar-refractivity contribution in [1.29, 1.82) is 0 Å². The van der Waals surface area contributed by atoms with Crippen LogP contribution in [0.2, 0.25) is 0 Å². The van der Waals surface area contributed by atoms with Crippen molar-refractivity contribution in [2.24, 2.45) is 5.92 Å². The number of carboxylic acid groups (broad SMARTS) is 1. The highest BCUT2D eigenvalue weighted by Gasteiger charge is 2.41. The lowest BCUT2D eigenvalue weighted by atomic mass is 9.98. The standard InChI is InChI=1S/C15H20N2O2.2ClH/c1-16-6-8-17(9-7-16)14-12-5-3-2-4-11(12)10-13(14)15(18)19;;/h2-5,13-14H,6-10H2,1H3,(H,18,19);2*1H. The Kier molecular flexibility index (Phi) is 6.47. The lowest BCUT2D eigenvalue weighted by Crippen LogP contribution is -2.47. The Morgan fingerprint density at radius 1 is 1.14 bits per heavy atom. The number of benzene rings is 1. The fourth-order valence-electron chi connectivity index (χ4n) is 3.35. The fourth-order valence-corrected chi connectivity index (χ4v) is 3.35. The highest BCUT2D eigenvalue weighted by atomic mass is 35.5. The summed E-state index contributed by atoms with van der Waals surface area (Å²) in [5.74, 6) is -0.957. The van der Waals surface area contributed by atoms with Crippen LogP contribution in [0.3, 0.4) is 0 Å². The quantitative estimate of drug-likeness (QED) is 0.900. The second kappa shape index (κ2) is 7.45. The molecule has 1 heterocycles. The van der Waals surface area contributed by atoms with Crippen molar-refractivity contribution in [3.05, 3.63) is 35.4 Å². The summed E-state index contributed by atoms with van der Waals surface area (Å²) in [5.41, 5.74) is 2.43. The van der Waals surface area contributed by atoms with Crippen molar-refractivity contribution in [1.82, 2.24) is 9.80 Å². The van der Waals surface area contributed by atoms with E-state index in [0.29, 0.717) is 6.42 Å². The zero-order valence-electron chi connectivity index (χ0n) is 12.1. The van der Waals surface area contributed by atoms with Gasteiger partial charge in [-0.2, -0.15) is 0 Å². The maximum Gasteiger partial charge on any atom is 0.308 e. The van der Waals surface area contributed by atoms with E-state index in [4.69, 9.17) is 0 Å². The average Bonchev–Trinajstić information content (AvgIpc) is 2.79. The summed E-state index contributed by atoms with van der Waals surface area (Å²) in [6, 6.07) is 8.25. The van der Waals surface area contributed by atoms with Crippen LogP contribution < -0.4 is 0 Å². The molecule has 1 saturated heterocycles. The van der Waals surface area contributed by atoms with Gasteiger partial charge in [-0.05, 0) is 24.6 Å². The minimum absolute atomic E-state index is 0. The van der Waals surface area contributed by atoms with Crippen LogP contribution in [0.5, 0.6) is 0 Å². The number of carboxylic acids is 1. The summed E-state index contributed by atoms with van der Waals surface area (Å²) >= 11 is 0. The minimum atomic E-state index is -0.667. The van der Waals surface area contributed by atoms with E-state index in [2.05, 4.69) is 29.0 Å². The van der Waals surface area contributed by atoms with Crippen LogP contribution >= 0.6 is 24.8 Å². The summed E-state index contributed by atoms with van der Waals surface area (Å²) in [6.07, 6.45) is 0.669. The third-order valence-corrected chi connectivity index (χ3v) is 4.44. The predicted molar refractivity (Wildman–Crippen MR) is 87.6 cm³/mol. The van der Waals surface area contributed by atoms with E-state index in [1.807, 2.05) is 12.1 Å². The largest absolute Gasteiger partial charge is 0.481 e. The van der Waals surface area contributed by atoms with Gasteiger partial charge in [-0.1, -0.05) is 24.3 Å². The first-order valence-electron chi connectivity index (χ1n) is 6.90. The number of fused-ring (bicyclic) bond motifs is 1. The fraction of sp³-hybridized carbons (Fsp3) is 0.533. The number of nitrogens with zero attached hydrogens (tertiary/aromatic N) is 2. The van der Waals surface area contributed by atoms with Gasteiger partial charge in [0.1, 0.15) is 0 Å². The van der Waals surface area contributed by atoms with E-state index >= 15 is 0 Å². The van der Waals surface area contributed by atoms with Gasteiger partial charge in [0.15, 0.2) is 0 Å². The molecule has 2 unspecified atom stereocenters. The molecule has 6 heteroatoms. The normalized spacial score (nSPS) is 25.6. The Morgan fingerprint density at radius 3 is 2.38 bits per heavy atom. The summed E-state index contributed by atoms with van der Waals surface area (Å²) < 4.78 is 0. The van der Waals surface area contributed by atoms with Crippen LogP contribution in [0.1, 0.15) is 17.2 Å². The molecule has 1 fully saturated rings. The van der Waals surface area contributed by atoms with Crippen molar-refractivity contribution in [2.75, 3.05) is 33.2 Å². The number of carbonyl (C=O) groups is 1. The Bertz CT molecular complexity index is 490. The second-order valence-electron chi connectivity index (χ2n) is 5.63. The number of aliphatic carboxylic acids is 1. The summed E-state index contributed by atoms with van der Waals surface area (Å²) in [6.45, 7) is 3.95. The molecule has 0 amide bonds. The van der Waals surface area contributed by atoms with Crippen LogP contribution in [0.4, 0.5) is 0 Å². The first-order chi connectivity index (χ1) is 9.16. The molecule has 0 radical (unpaired) electrons. The van der Waals surface area contributed by atoms with Crippen molar-refractivity contribution in [3.8, 4) is 0 Å². The topological polar surface area (TPSA) is 43.8 Å². The first-order valence-corrected chi connectivity index (χ1v) is 6.90. The van der Waals surface area contributed by atoms with Gasteiger partial charge in [0.05, 0.1) is 5.92 Å². The maximum absolute atomic E-state index is 11.6. The van der Waals surface area contributed by atoms with Crippen LogP contribution in [-0.4, -0.2) is 54.1 Å². The molecule has 21 heavy (non-hydrogen) atoms. The number of hydrogen-bond donors (Lipinski definition) is 1. The van der Waals surface area contributed by atoms with E-state index in [9.17, 15) is 9.90 Å². The molecule has 1 N–H and O–H groups in total. The zero-order chi connectivity index (χ0) is 13.4. The zero-order valence-corrected chi connectivity index (χ0v) is 13.7. The van der Waals surface area contributed by atoms with Crippen molar-refractivity contribution >= 4 is 30.8 Å². The van der Waals surface area contributed by atoms with E-state index in [0.717, 1.165) is 26.2 Å². The molecular weight excluding hydrogens is 311 g/mol. The Morgan fingerprint density at radius 2 is 1.76 bits per heavy atom. The number of hydrogen-bond acceptors (Lipinski definition) is 3. The molecule has 2 aliphatic rings. The van der Waals surface area contributed by atoms with Crippen LogP contribution in [0.15, 0.2) is 24.3 Å². The van der Waals surface area contributed by atoms with Gasteiger partial charge in [0, 0.05) is 32.2 Å². The van der Waals surface area contributed by atoms with Gasteiger partial charge < -0.3 is 10.0 Å². The minimum Gasteiger partial charge on any atom is -0.481 e. The average molecular weight is 333 g/mol. The highest BCUT2D eigenvalue weighted by molar-refractivity contribution is 5.85. The summed E-state index contributed by atoms with van der Waals surface area (Å²) in [7, 11) is 2.12. The lowest BCUT2D eigenvalue weighted by Gasteiger charge is -2.38. The van der Waals surface area contributed by atoms with Crippen molar-refractivity contribution in [3.63, 3.8) is 0 Å². The molecule has 0 aromatic heterocycles. The van der Waals surface area contributed by atoms with E-state index in [1.165, 1.54) is 11.1 Å². The molecule has 0 spiro atoms. The van der Waals surface area contributed by atoms with Crippen LogP contribution in [0, 0.1) is 5.92 Å². The Labute approximate surface area is 137 Å². The molecule has 0 saturated carbocycles. The molecule has 1 aromatic carbocycles. The number of rotatable bonds is 2. The van der Waals surface area contributed by atoms with Crippen LogP contribution in [0.25, 0.3) is 0 Å². The third-order valence-electron chi connectivity index (χ3n) is 4.44. The summed E-state index contributed by atoms with van der Waals surface area (Å²) in [4.78, 5) is 16.2. The van der Waals surface area contributed by atoms with Crippen molar-refractivity contribution < 1.29 is 9.90 Å². The van der Waals surface area contributed by atoms with E-state index in [-0.39, 0.29) is 36.8 Å². The number of piperazine rings is 1. The van der Waals surface area contributed by atoms with Gasteiger partial charge in [-0.3, -0.25) is 9.69 Å². The molecule has 1 aliphatic carbocycles. The predicted octanol–water partition coefficient (Wildman–Crippen LogP) is 2.08. The second-order valence-corrected chi connectivity index (χ2v) is 5.63. The maximum atomic E-state index is 11.6. The molecular formula is C15H22Cl2N2O2. The molecule has 1 aliphatic heterocycles. The van der Waals surface area contributed by atoms with Gasteiger partial charge in [-0.15, -0.1) is 24.8 Å². The molecule has 3 rings (SSSR count). The van der Waals surface area contributed by atoms with Gasteiger partial charge in [0.25, 0.3) is 0 Å². The van der Waals surface area contributed by atoms with Gasteiger partial charge in [-0.25, -0.2) is 0 Å². The lowest BCUT2D eigenvalue weighted by molar-refractivity contribution is -0.144. The van der Waals surface area contributed by atoms with E-state index < -0.39 is 5.97 Å². The van der Waals surface area contributed by atoms with Gasteiger partial charge in [0.2, 0.25) is 0 Å². The van der Waals surface area contributed by atoms with Gasteiger partial charge >= 0.3 is 5.97 Å².